The van der Waals surface area contributed by atoms with E-state index >= 15 is 0 Å². The molecular weight excluding hydrogens is 248 g/mol. The molecule has 0 amide bonds. The topological polar surface area (TPSA) is 45.0 Å². The number of nitrogens with zero attached hydrogens (tertiary/aromatic N) is 1. The van der Waals surface area contributed by atoms with Crippen LogP contribution in [0.25, 0.3) is 0 Å². The first-order valence-corrected chi connectivity index (χ1v) is 6.68. The van der Waals surface area contributed by atoms with Crippen molar-refractivity contribution in [1.82, 2.24) is 0 Å². The fraction of sp³-hybridized carbons (Fsp3) is 0.235. The molecule has 2 aromatic carbocycles. The lowest BCUT2D eigenvalue weighted by Crippen LogP contribution is -2.05. The molecule has 0 spiro atoms. The first-order valence-electron chi connectivity index (χ1n) is 6.68. The number of rotatable bonds is 5. The van der Waals surface area contributed by atoms with E-state index < -0.39 is 0 Å². The Morgan fingerprint density at radius 1 is 1.10 bits per heavy atom. The quantitative estimate of drug-likeness (QED) is 0.896. The highest BCUT2D eigenvalue weighted by atomic mass is 16.5. The first-order chi connectivity index (χ1) is 9.80. The van der Waals surface area contributed by atoms with E-state index in [4.69, 9.17) is 4.74 Å². The van der Waals surface area contributed by atoms with Gasteiger partial charge in [0.15, 0.2) is 0 Å². The molecule has 0 saturated carbocycles. The monoisotopic (exact) mass is 266 g/mol. The molecule has 0 heterocycles. The molecule has 2 aromatic rings. The summed E-state index contributed by atoms with van der Waals surface area (Å²) in [5, 5.41) is 12.5. The van der Waals surface area contributed by atoms with Crippen molar-refractivity contribution in [1.29, 1.82) is 5.26 Å². The summed E-state index contributed by atoms with van der Waals surface area (Å²) >= 11 is 0. The zero-order valence-corrected chi connectivity index (χ0v) is 11.8. The van der Waals surface area contributed by atoms with Crippen molar-refractivity contribution in [3.05, 3.63) is 59.2 Å². The number of hydrogen-bond donors (Lipinski definition) is 1. The van der Waals surface area contributed by atoms with Crippen LogP contribution in [0.5, 0.6) is 5.75 Å². The molecule has 0 aliphatic heterocycles. The third kappa shape index (κ3) is 2.92. The molecule has 0 saturated heterocycles. The number of nitrogens with one attached hydrogen (secondary N) is 1. The van der Waals surface area contributed by atoms with Crippen LogP contribution in [0, 0.1) is 11.3 Å². The lowest BCUT2D eigenvalue weighted by atomic mass is 10.0. The molecule has 0 atom stereocenters. The highest BCUT2D eigenvalue weighted by Crippen LogP contribution is 2.28. The zero-order chi connectivity index (χ0) is 14.4. The van der Waals surface area contributed by atoms with Crippen LogP contribution in [-0.2, 0) is 13.0 Å². The highest BCUT2D eigenvalue weighted by molar-refractivity contribution is 5.66. The molecular formula is C17H18N2O. The van der Waals surface area contributed by atoms with Crippen molar-refractivity contribution in [2.75, 3.05) is 12.4 Å². The molecule has 20 heavy (non-hydrogen) atoms. The Labute approximate surface area is 119 Å². The van der Waals surface area contributed by atoms with E-state index in [-0.39, 0.29) is 0 Å². The Balaban J connectivity index is 2.25. The first kappa shape index (κ1) is 14.0. The SMILES string of the molecule is CCc1ccccc1CNc1c(C#N)cccc1OC. The average molecular weight is 266 g/mol. The van der Waals surface area contributed by atoms with Gasteiger partial charge in [-0.25, -0.2) is 0 Å². The van der Waals surface area contributed by atoms with Gasteiger partial charge < -0.3 is 10.1 Å². The van der Waals surface area contributed by atoms with E-state index in [9.17, 15) is 5.26 Å². The summed E-state index contributed by atoms with van der Waals surface area (Å²) in [6.45, 7) is 2.82. The maximum absolute atomic E-state index is 9.19. The Morgan fingerprint density at radius 2 is 1.85 bits per heavy atom. The summed E-state index contributed by atoms with van der Waals surface area (Å²) < 4.78 is 5.32. The molecule has 1 N–H and O–H groups in total. The van der Waals surface area contributed by atoms with Crippen LogP contribution in [0.1, 0.15) is 23.6 Å². The maximum atomic E-state index is 9.19. The number of hydrogen-bond acceptors (Lipinski definition) is 3. The Hall–Kier alpha value is -2.47. The molecule has 0 aliphatic carbocycles. The largest absolute Gasteiger partial charge is 0.495 e. The Kier molecular flexibility index (Phi) is 4.62. The van der Waals surface area contributed by atoms with E-state index in [1.165, 1.54) is 11.1 Å². The van der Waals surface area contributed by atoms with Crippen molar-refractivity contribution < 1.29 is 4.74 Å². The van der Waals surface area contributed by atoms with Crippen molar-refractivity contribution >= 4 is 5.69 Å². The average Bonchev–Trinajstić information content (AvgIpc) is 2.52. The summed E-state index contributed by atoms with van der Waals surface area (Å²) in [5.41, 5.74) is 3.90. The van der Waals surface area contributed by atoms with E-state index in [2.05, 4.69) is 30.4 Å². The van der Waals surface area contributed by atoms with Crippen LogP contribution >= 0.6 is 0 Å². The van der Waals surface area contributed by atoms with Gasteiger partial charge in [-0.15, -0.1) is 0 Å². The van der Waals surface area contributed by atoms with Gasteiger partial charge in [0.25, 0.3) is 0 Å². The highest BCUT2D eigenvalue weighted by Gasteiger charge is 2.09. The summed E-state index contributed by atoms with van der Waals surface area (Å²) in [7, 11) is 1.61. The van der Waals surface area contributed by atoms with Crippen molar-refractivity contribution in [3.8, 4) is 11.8 Å². The van der Waals surface area contributed by atoms with Gasteiger partial charge in [0.2, 0.25) is 0 Å². The predicted octanol–water partition coefficient (Wildman–Crippen LogP) is 3.74. The van der Waals surface area contributed by atoms with E-state index in [1.807, 2.05) is 24.3 Å². The fourth-order valence-corrected chi connectivity index (χ4v) is 2.24. The van der Waals surface area contributed by atoms with Crippen LogP contribution in [0.3, 0.4) is 0 Å². The van der Waals surface area contributed by atoms with Gasteiger partial charge in [0.1, 0.15) is 11.8 Å². The van der Waals surface area contributed by atoms with Gasteiger partial charge >= 0.3 is 0 Å². The number of aryl methyl sites for hydroxylation is 1. The minimum atomic E-state index is 0.596. The lowest BCUT2D eigenvalue weighted by Gasteiger charge is -2.14. The number of anilines is 1. The normalized spacial score (nSPS) is 9.85. The third-order valence-corrected chi connectivity index (χ3v) is 3.32. The molecule has 3 heteroatoms. The third-order valence-electron chi connectivity index (χ3n) is 3.32. The molecule has 0 unspecified atom stereocenters. The molecule has 2 rings (SSSR count). The summed E-state index contributed by atoms with van der Waals surface area (Å²) in [5.74, 6) is 0.693. The summed E-state index contributed by atoms with van der Waals surface area (Å²) in [6.07, 6.45) is 0.995. The van der Waals surface area contributed by atoms with E-state index in [0.717, 1.165) is 12.1 Å². The van der Waals surface area contributed by atoms with Crippen LogP contribution in [0.2, 0.25) is 0 Å². The summed E-state index contributed by atoms with van der Waals surface area (Å²) in [6, 6.07) is 16.0. The van der Waals surface area contributed by atoms with Crippen LogP contribution in [0.4, 0.5) is 5.69 Å². The standard InChI is InChI=1S/C17H18N2O/c1-3-13-7-4-5-8-15(13)12-19-17-14(11-18)9-6-10-16(17)20-2/h4-10,19H,3,12H2,1-2H3. The maximum Gasteiger partial charge on any atom is 0.143 e. The molecule has 0 bridgehead atoms. The minimum absolute atomic E-state index is 0.596. The van der Waals surface area contributed by atoms with Gasteiger partial charge in [-0.3, -0.25) is 0 Å². The second-order valence-corrected chi connectivity index (χ2v) is 4.47. The van der Waals surface area contributed by atoms with Gasteiger partial charge in [0, 0.05) is 6.54 Å². The number of nitriles is 1. The van der Waals surface area contributed by atoms with Crippen molar-refractivity contribution in [2.24, 2.45) is 0 Å². The predicted molar refractivity (Wildman–Crippen MR) is 80.9 cm³/mol. The van der Waals surface area contributed by atoms with Crippen LogP contribution < -0.4 is 10.1 Å². The second-order valence-electron chi connectivity index (χ2n) is 4.47. The number of ether oxygens (including phenoxy) is 1. The molecule has 0 aromatic heterocycles. The van der Waals surface area contributed by atoms with E-state index in [1.54, 1.807) is 13.2 Å². The van der Waals surface area contributed by atoms with Crippen LogP contribution in [0.15, 0.2) is 42.5 Å². The number of methoxy groups -OCH3 is 1. The second kappa shape index (κ2) is 6.63. The van der Waals surface area contributed by atoms with Gasteiger partial charge in [-0.05, 0) is 29.7 Å². The molecule has 0 radical (unpaired) electrons. The zero-order valence-electron chi connectivity index (χ0n) is 11.8. The molecule has 3 nitrogen and oxygen atoms in total. The lowest BCUT2D eigenvalue weighted by molar-refractivity contribution is 0.416. The molecule has 0 fully saturated rings. The number of para-hydroxylation sites is 1. The van der Waals surface area contributed by atoms with Crippen LogP contribution in [-0.4, -0.2) is 7.11 Å². The van der Waals surface area contributed by atoms with Gasteiger partial charge in [0.05, 0.1) is 18.4 Å². The van der Waals surface area contributed by atoms with Gasteiger partial charge in [-0.2, -0.15) is 5.26 Å². The smallest absolute Gasteiger partial charge is 0.143 e. The van der Waals surface area contributed by atoms with Crippen molar-refractivity contribution in [2.45, 2.75) is 19.9 Å². The minimum Gasteiger partial charge on any atom is -0.495 e. The van der Waals surface area contributed by atoms with Crippen molar-refractivity contribution in [3.63, 3.8) is 0 Å². The Bertz CT molecular complexity index is 629. The molecule has 102 valence electrons. The molecule has 0 aliphatic rings. The summed E-state index contributed by atoms with van der Waals surface area (Å²) in [4.78, 5) is 0. The van der Waals surface area contributed by atoms with Gasteiger partial charge in [-0.1, -0.05) is 37.3 Å². The Morgan fingerprint density at radius 3 is 2.50 bits per heavy atom. The van der Waals surface area contributed by atoms with E-state index in [0.29, 0.717) is 17.9 Å². The fourth-order valence-electron chi connectivity index (χ4n) is 2.24. The number of benzene rings is 2.